The summed E-state index contributed by atoms with van der Waals surface area (Å²) in [5, 5.41) is 6.06. The van der Waals surface area contributed by atoms with Gasteiger partial charge in [-0.25, -0.2) is 9.78 Å². The summed E-state index contributed by atoms with van der Waals surface area (Å²) in [7, 11) is 0. The molecule has 0 aliphatic heterocycles. The summed E-state index contributed by atoms with van der Waals surface area (Å²) in [6, 6.07) is -2.71. The second-order valence-corrected chi connectivity index (χ2v) is 6.38. The summed E-state index contributed by atoms with van der Waals surface area (Å²) in [6.45, 7) is 5.19. The molecule has 0 radical (unpaired) electrons. The number of aromatic nitrogens is 1. The largest absolute Gasteiger partial charge is 0.408 e. The molecule has 0 spiro atoms. The van der Waals surface area contributed by atoms with Gasteiger partial charge in [-0.3, -0.25) is 0 Å². The number of carbonyl (C=O) groups is 1. The highest BCUT2D eigenvalue weighted by Crippen LogP contribution is 2.30. The second-order valence-electron chi connectivity index (χ2n) is 5.67. The number of alkyl halides is 3. The highest BCUT2D eigenvalue weighted by molar-refractivity contribution is 7.07. The van der Waals surface area contributed by atoms with Crippen molar-refractivity contribution in [1.82, 2.24) is 15.6 Å². The van der Waals surface area contributed by atoms with Crippen LogP contribution in [0.25, 0.3) is 0 Å². The van der Waals surface area contributed by atoms with Crippen LogP contribution in [0.1, 0.15) is 32.9 Å². The van der Waals surface area contributed by atoms with Gasteiger partial charge in [-0.1, -0.05) is 20.8 Å². The van der Waals surface area contributed by atoms with E-state index >= 15 is 0 Å². The van der Waals surface area contributed by atoms with Gasteiger partial charge in [0.05, 0.1) is 17.7 Å². The van der Waals surface area contributed by atoms with Crippen molar-refractivity contribution >= 4 is 17.4 Å². The molecule has 114 valence electrons. The minimum Gasteiger partial charge on any atom is -0.332 e. The lowest BCUT2D eigenvalue weighted by atomic mass is 9.88. The number of amides is 2. The minimum absolute atomic E-state index is 0.107. The van der Waals surface area contributed by atoms with Crippen LogP contribution >= 0.6 is 11.3 Å². The Hall–Kier alpha value is -1.31. The molecule has 0 unspecified atom stereocenters. The van der Waals surface area contributed by atoms with Crippen molar-refractivity contribution in [3.63, 3.8) is 0 Å². The van der Waals surface area contributed by atoms with Gasteiger partial charge in [0.1, 0.15) is 6.04 Å². The zero-order chi connectivity index (χ0) is 15.4. The Morgan fingerprint density at radius 1 is 1.40 bits per heavy atom. The summed E-state index contributed by atoms with van der Waals surface area (Å²) >= 11 is 1.35. The molecule has 1 heterocycles. The lowest BCUT2D eigenvalue weighted by molar-refractivity contribution is -0.159. The molecule has 0 aliphatic rings. The van der Waals surface area contributed by atoms with E-state index in [0.29, 0.717) is 5.69 Å². The van der Waals surface area contributed by atoms with Gasteiger partial charge in [-0.15, -0.1) is 11.3 Å². The van der Waals surface area contributed by atoms with E-state index in [0.717, 1.165) is 0 Å². The number of nitrogens with one attached hydrogen (secondary N) is 2. The molecule has 1 aromatic rings. The fourth-order valence-corrected chi connectivity index (χ4v) is 2.12. The Kier molecular flexibility index (Phi) is 5.38. The molecule has 1 rings (SSSR count). The van der Waals surface area contributed by atoms with Crippen molar-refractivity contribution in [3.8, 4) is 0 Å². The summed E-state index contributed by atoms with van der Waals surface area (Å²) < 4.78 is 38.6. The number of thiazole rings is 1. The van der Waals surface area contributed by atoms with E-state index in [9.17, 15) is 18.0 Å². The molecule has 4 nitrogen and oxygen atoms in total. The molecule has 8 heteroatoms. The molecule has 0 saturated carbocycles. The van der Waals surface area contributed by atoms with E-state index < -0.39 is 23.7 Å². The number of rotatable bonds is 4. The van der Waals surface area contributed by atoms with Crippen molar-refractivity contribution in [2.24, 2.45) is 5.41 Å². The van der Waals surface area contributed by atoms with E-state index in [1.54, 1.807) is 31.7 Å². The van der Waals surface area contributed by atoms with E-state index in [1.807, 2.05) is 5.32 Å². The first kappa shape index (κ1) is 16.7. The van der Waals surface area contributed by atoms with Gasteiger partial charge in [0, 0.05) is 5.38 Å². The first-order valence-electron chi connectivity index (χ1n) is 6.06. The highest BCUT2D eigenvalue weighted by Gasteiger charge is 2.42. The van der Waals surface area contributed by atoms with Crippen molar-refractivity contribution in [2.45, 2.75) is 46.0 Å². The summed E-state index contributed by atoms with van der Waals surface area (Å²) in [6.07, 6.45) is -4.65. The van der Waals surface area contributed by atoms with Gasteiger partial charge in [0.25, 0.3) is 0 Å². The topological polar surface area (TPSA) is 54.0 Å². The van der Waals surface area contributed by atoms with Gasteiger partial charge >= 0.3 is 12.2 Å². The third-order valence-corrected chi connectivity index (χ3v) is 3.07. The number of urea groups is 1. The van der Waals surface area contributed by atoms with Crippen LogP contribution in [-0.4, -0.2) is 23.2 Å². The number of hydrogen-bond acceptors (Lipinski definition) is 3. The third kappa shape index (κ3) is 6.23. The van der Waals surface area contributed by atoms with Crippen molar-refractivity contribution < 1.29 is 18.0 Å². The van der Waals surface area contributed by atoms with E-state index in [4.69, 9.17) is 0 Å². The fraction of sp³-hybridized carbons (Fsp3) is 0.667. The summed E-state index contributed by atoms with van der Waals surface area (Å²) in [4.78, 5) is 15.5. The lowest BCUT2D eigenvalue weighted by Crippen LogP contribution is -2.50. The first-order chi connectivity index (χ1) is 9.08. The predicted molar refractivity (Wildman–Crippen MR) is 71.4 cm³/mol. The van der Waals surface area contributed by atoms with Crippen LogP contribution in [0.3, 0.4) is 0 Å². The Morgan fingerprint density at radius 2 is 2.05 bits per heavy atom. The molecule has 2 amide bonds. The van der Waals surface area contributed by atoms with Crippen molar-refractivity contribution in [1.29, 1.82) is 0 Å². The van der Waals surface area contributed by atoms with Gasteiger partial charge in [-0.05, 0) is 11.8 Å². The molecule has 0 saturated heterocycles. The monoisotopic (exact) mass is 309 g/mol. The Morgan fingerprint density at radius 3 is 2.50 bits per heavy atom. The average molecular weight is 309 g/mol. The average Bonchev–Trinajstić information content (AvgIpc) is 2.75. The van der Waals surface area contributed by atoms with E-state index in [1.165, 1.54) is 11.3 Å². The zero-order valence-corrected chi connectivity index (χ0v) is 12.4. The molecule has 0 aliphatic carbocycles. The summed E-state index contributed by atoms with van der Waals surface area (Å²) in [5.74, 6) is 0. The van der Waals surface area contributed by atoms with Crippen molar-refractivity contribution in [3.05, 3.63) is 16.6 Å². The maximum atomic E-state index is 12.9. The molecular formula is C12H18F3N3OS. The fourth-order valence-electron chi connectivity index (χ4n) is 1.57. The quantitative estimate of drug-likeness (QED) is 0.896. The van der Waals surface area contributed by atoms with Crippen LogP contribution in [0.15, 0.2) is 10.9 Å². The van der Waals surface area contributed by atoms with Gasteiger partial charge in [0.2, 0.25) is 0 Å². The summed E-state index contributed by atoms with van der Waals surface area (Å²) in [5.41, 5.74) is 1.67. The molecule has 1 aromatic heterocycles. The van der Waals surface area contributed by atoms with Crippen LogP contribution in [0.4, 0.5) is 18.0 Å². The molecule has 20 heavy (non-hydrogen) atoms. The smallest absolute Gasteiger partial charge is 0.332 e. The maximum absolute atomic E-state index is 12.9. The maximum Gasteiger partial charge on any atom is 0.408 e. The van der Waals surface area contributed by atoms with E-state index in [2.05, 4.69) is 10.3 Å². The van der Waals surface area contributed by atoms with Gasteiger partial charge in [-0.2, -0.15) is 13.2 Å². The highest BCUT2D eigenvalue weighted by atomic mass is 32.1. The SMILES string of the molecule is CC(C)(C)C[C@H](NC(=O)NCc1cscn1)C(F)(F)F. The van der Waals surface area contributed by atoms with Crippen LogP contribution < -0.4 is 10.6 Å². The Labute approximate surface area is 119 Å². The van der Waals surface area contributed by atoms with Crippen LogP contribution in [0, 0.1) is 5.41 Å². The van der Waals surface area contributed by atoms with E-state index in [-0.39, 0.29) is 13.0 Å². The minimum atomic E-state index is -4.47. The number of hydrogen-bond donors (Lipinski definition) is 2. The molecular weight excluding hydrogens is 291 g/mol. The third-order valence-electron chi connectivity index (χ3n) is 2.43. The Bertz CT molecular complexity index is 426. The van der Waals surface area contributed by atoms with Crippen molar-refractivity contribution in [2.75, 3.05) is 0 Å². The first-order valence-corrected chi connectivity index (χ1v) is 7.00. The van der Waals surface area contributed by atoms with Gasteiger partial charge in [0.15, 0.2) is 0 Å². The Balaban J connectivity index is 2.54. The van der Waals surface area contributed by atoms with Crippen LogP contribution in [0.5, 0.6) is 0 Å². The second kappa shape index (κ2) is 6.43. The number of nitrogens with zero attached hydrogens (tertiary/aromatic N) is 1. The van der Waals surface area contributed by atoms with Crippen LogP contribution in [0.2, 0.25) is 0 Å². The zero-order valence-electron chi connectivity index (χ0n) is 11.5. The molecule has 0 aromatic carbocycles. The molecule has 2 N–H and O–H groups in total. The number of halogens is 3. The van der Waals surface area contributed by atoms with Gasteiger partial charge < -0.3 is 10.6 Å². The molecule has 0 bridgehead atoms. The number of carbonyl (C=O) groups excluding carboxylic acids is 1. The standard InChI is InChI=1S/C12H18F3N3OS/c1-11(2,3)4-9(12(13,14)15)18-10(19)16-5-8-6-20-7-17-8/h6-7,9H,4-5H2,1-3H3,(H2,16,18,19)/t9-/m0/s1. The molecule has 1 atom stereocenters. The predicted octanol–water partition coefficient (Wildman–Crippen LogP) is 3.31. The lowest BCUT2D eigenvalue weighted by Gasteiger charge is -2.28. The normalized spacial score (nSPS) is 13.9. The molecule has 0 fully saturated rings. The van der Waals surface area contributed by atoms with Crippen LogP contribution in [-0.2, 0) is 6.54 Å².